The second-order valence-electron chi connectivity index (χ2n) is 6.42. The highest BCUT2D eigenvalue weighted by Gasteiger charge is 2.21. The molecular formula is C21H21N3O3S2. The van der Waals surface area contributed by atoms with Crippen molar-refractivity contribution in [3.05, 3.63) is 45.8 Å². The lowest BCUT2D eigenvalue weighted by Crippen LogP contribution is -2.32. The van der Waals surface area contributed by atoms with E-state index in [9.17, 15) is 10.1 Å². The van der Waals surface area contributed by atoms with E-state index in [-0.39, 0.29) is 11.0 Å². The number of carbonyl (C=O) groups excluding carboxylic acids is 1. The molecule has 0 radical (unpaired) electrons. The normalized spacial score (nSPS) is 12.7. The number of aryl methyl sites for hydroxylation is 1. The summed E-state index contributed by atoms with van der Waals surface area (Å²) >= 11 is 6.79. The standard InChI is InChI=1S/C21H21N3O3S2/c1-26-16-9-7-13(11-17(16)27-2)8-10-19(25)23-21(28)24-20-15(12-22)14-5-3-4-6-18(14)29-20/h7-11H,3-6H2,1-2H3,(H2,23,24,25,28)/b10-8+. The summed E-state index contributed by atoms with van der Waals surface area (Å²) < 4.78 is 10.5. The number of fused-ring (bicyclic) bond motifs is 1. The number of thiocarbonyl (C=S) groups is 1. The summed E-state index contributed by atoms with van der Waals surface area (Å²) in [7, 11) is 3.12. The van der Waals surface area contributed by atoms with E-state index in [1.54, 1.807) is 43.8 Å². The van der Waals surface area contributed by atoms with Crippen molar-refractivity contribution in [3.8, 4) is 17.6 Å². The summed E-state index contributed by atoms with van der Waals surface area (Å²) in [6.45, 7) is 0. The summed E-state index contributed by atoms with van der Waals surface area (Å²) in [5, 5.41) is 16.0. The van der Waals surface area contributed by atoms with Crippen LogP contribution in [0.4, 0.5) is 5.00 Å². The molecule has 3 rings (SSSR count). The molecule has 1 aliphatic carbocycles. The molecule has 0 aliphatic heterocycles. The van der Waals surface area contributed by atoms with E-state index in [2.05, 4.69) is 16.7 Å². The molecule has 2 N–H and O–H groups in total. The maximum Gasteiger partial charge on any atom is 0.250 e. The Labute approximate surface area is 179 Å². The minimum atomic E-state index is -0.364. The Hall–Kier alpha value is -2.89. The number of thiophene rings is 1. The van der Waals surface area contributed by atoms with E-state index in [0.29, 0.717) is 22.1 Å². The van der Waals surface area contributed by atoms with E-state index >= 15 is 0 Å². The number of rotatable bonds is 5. The lowest BCUT2D eigenvalue weighted by Gasteiger charge is -2.09. The number of anilines is 1. The van der Waals surface area contributed by atoms with Gasteiger partial charge in [0.2, 0.25) is 5.91 Å². The summed E-state index contributed by atoms with van der Waals surface area (Å²) in [6, 6.07) is 7.63. The molecule has 1 heterocycles. The Bertz CT molecular complexity index is 1010. The zero-order valence-corrected chi connectivity index (χ0v) is 17.8. The van der Waals surface area contributed by atoms with Gasteiger partial charge in [0.25, 0.3) is 0 Å². The van der Waals surface area contributed by atoms with Gasteiger partial charge in [-0.2, -0.15) is 5.26 Å². The fraction of sp³-hybridized carbons (Fsp3) is 0.286. The fourth-order valence-electron chi connectivity index (χ4n) is 3.19. The second-order valence-corrected chi connectivity index (χ2v) is 7.93. The molecule has 29 heavy (non-hydrogen) atoms. The Morgan fingerprint density at radius 3 is 2.72 bits per heavy atom. The van der Waals surface area contributed by atoms with Gasteiger partial charge in [0.15, 0.2) is 16.6 Å². The van der Waals surface area contributed by atoms with E-state index in [1.807, 2.05) is 6.07 Å². The third-order valence-corrected chi connectivity index (χ3v) is 5.99. The zero-order valence-electron chi connectivity index (χ0n) is 16.2. The number of methoxy groups -OCH3 is 2. The molecule has 0 spiro atoms. The van der Waals surface area contributed by atoms with Crippen molar-refractivity contribution in [1.29, 1.82) is 5.26 Å². The summed E-state index contributed by atoms with van der Waals surface area (Å²) in [4.78, 5) is 13.4. The zero-order chi connectivity index (χ0) is 20.8. The smallest absolute Gasteiger partial charge is 0.250 e. The van der Waals surface area contributed by atoms with Gasteiger partial charge < -0.3 is 14.8 Å². The molecule has 8 heteroatoms. The lowest BCUT2D eigenvalue weighted by atomic mass is 9.96. The first kappa shape index (κ1) is 20.8. The second kappa shape index (κ2) is 9.54. The first-order chi connectivity index (χ1) is 14.0. The van der Waals surface area contributed by atoms with Crippen LogP contribution >= 0.6 is 23.6 Å². The van der Waals surface area contributed by atoms with Crippen LogP contribution in [0, 0.1) is 11.3 Å². The van der Waals surface area contributed by atoms with Gasteiger partial charge >= 0.3 is 0 Å². The van der Waals surface area contributed by atoms with Crippen molar-refractivity contribution in [2.45, 2.75) is 25.7 Å². The maximum atomic E-state index is 12.2. The van der Waals surface area contributed by atoms with Gasteiger partial charge in [0, 0.05) is 11.0 Å². The molecule has 0 bridgehead atoms. The van der Waals surface area contributed by atoms with E-state index in [1.165, 1.54) is 11.0 Å². The number of nitriles is 1. The Kier molecular flexibility index (Phi) is 6.86. The number of hydrogen-bond acceptors (Lipinski definition) is 6. The number of nitrogens with zero attached hydrogens (tertiary/aromatic N) is 1. The molecule has 0 unspecified atom stereocenters. The predicted octanol–water partition coefficient (Wildman–Crippen LogP) is 4.04. The van der Waals surface area contributed by atoms with E-state index in [4.69, 9.17) is 21.7 Å². The van der Waals surface area contributed by atoms with Crippen molar-refractivity contribution < 1.29 is 14.3 Å². The van der Waals surface area contributed by atoms with Crippen LogP contribution in [-0.4, -0.2) is 25.2 Å². The van der Waals surface area contributed by atoms with Gasteiger partial charge in [-0.15, -0.1) is 11.3 Å². The maximum absolute atomic E-state index is 12.2. The summed E-state index contributed by atoms with van der Waals surface area (Å²) in [6.07, 6.45) is 7.19. The number of amides is 1. The third kappa shape index (κ3) is 4.94. The Morgan fingerprint density at radius 1 is 1.24 bits per heavy atom. The van der Waals surface area contributed by atoms with Crippen LogP contribution in [0.1, 0.15) is 34.4 Å². The first-order valence-corrected chi connectivity index (χ1v) is 10.3. The Balaban J connectivity index is 1.63. The third-order valence-electron chi connectivity index (χ3n) is 4.58. The largest absolute Gasteiger partial charge is 0.493 e. The van der Waals surface area contributed by atoms with Crippen LogP contribution in [0.5, 0.6) is 11.5 Å². The van der Waals surface area contributed by atoms with Crippen LogP contribution in [0.25, 0.3) is 6.08 Å². The molecule has 1 amide bonds. The minimum Gasteiger partial charge on any atom is -0.493 e. The Morgan fingerprint density at radius 2 is 2.00 bits per heavy atom. The van der Waals surface area contributed by atoms with Gasteiger partial charge in [0.05, 0.1) is 19.8 Å². The van der Waals surface area contributed by atoms with Crippen molar-refractivity contribution in [3.63, 3.8) is 0 Å². The average molecular weight is 428 g/mol. The number of benzene rings is 1. The number of hydrogen-bond donors (Lipinski definition) is 2. The lowest BCUT2D eigenvalue weighted by molar-refractivity contribution is -0.115. The molecule has 1 aliphatic rings. The molecule has 0 saturated carbocycles. The van der Waals surface area contributed by atoms with Gasteiger partial charge in [-0.3, -0.25) is 10.1 Å². The van der Waals surface area contributed by atoms with E-state index < -0.39 is 0 Å². The van der Waals surface area contributed by atoms with Crippen LogP contribution in [0.2, 0.25) is 0 Å². The highest BCUT2D eigenvalue weighted by molar-refractivity contribution is 7.80. The quantitative estimate of drug-likeness (QED) is 0.553. The number of nitrogens with one attached hydrogen (secondary N) is 2. The highest BCUT2D eigenvalue weighted by atomic mass is 32.1. The van der Waals surface area contributed by atoms with Gasteiger partial charge in [-0.1, -0.05) is 6.07 Å². The van der Waals surface area contributed by atoms with Crippen LogP contribution < -0.4 is 20.1 Å². The first-order valence-electron chi connectivity index (χ1n) is 9.12. The summed E-state index contributed by atoms with van der Waals surface area (Å²) in [5.41, 5.74) is 2.55. The molecule has 0 fully saturated rings. The highest BCUT2D eigenvalue weighted by Crippen LogP contribution is 2.37. The summed E-state index contributed by atoms with van der Waals surface area (Å²) in [5.74, 6) is 0.835. The van der Waals surface area contributed by atoms with Crippen LogP contribution in [0.3, 0.4) is 0 Å². The number of carbonyl (C=O) groups is 1. The molecule has 0 saturated heterocycles. The topological polar surface area (TPSA) is 83.4 Å². The number of ether oxygens (including phenoxy) is 2. The molecule has 1 aromatic carbocycles. The molecule has 1 aromatic heterocycles. The van der Waals surface area contributed by atoms with Crippen molar-refractivity contribution >= 4 is 45.7 Å². The van der Waals surface area contributed by atoms with Crippen molar-refractivity contribution in [1.82, 2.24) is 5.32 Å². The fourth-order valence-corrected chi connectivity index (χ4v) is 4.70. The molecular weight excluding hydrogens is 406 g/mol. The van der Waals surface area contributed by atoms with Crippen LogP contribution in [-0.2, 0) is 17.6 Å². The van der Waals surface area contributed by atoms with E-state index in [0.717, 1.165) is 36.8 Å². The van der Waals surface area contributed by atoms with Gasteiger partial charge in [0.1, 0.15) is 11.1 Å². The molecule has 6 nitrogen and oxygen atoms in total. The van der Waals surface area contributed by atoms with Crippen LogP contribution in [0.15, 0.2) is 24.3 Å². The van der Waals surface area contributed by atoms with Gasteiger partial charge in [-0.25, -0.2) is 0 Å². The minimum absolute atomic E-state index is 0.169. The SMILES string of the molecule is COc1ccc(/C=C/C(=O)NC(=S)Nc2sc3c(c2C#N)CCCC3)cc1OC. The molecule has 150 valence electrons. The predicted molar refractivity (Wildman–Crippen MR) is 119 cm³/mol. The average Bonchev–Trinajstić information content (AvgIpc) is 3.08. The monoisotopic (exact) mass is 427 g/mol. The molecule has 2 aromatic rings. The van der Waals surface area contributed by atoms with Crippen molar-refractivity contribution in [2.24, 2.45) is 0 Å². The van der Waals surface area contributed by atoms with Crippen molar-refractivity contribution in [2.75, 3.05) is 19.5 Å². The van der Waals surface area contributed by atoms with Gasteiger partial charge in [-0.05, 0) is 67.2 Å². The molecule has 0 atom stereocenters.